The highest BCUT2D eigenvalue weighted by atomic mass is 35.5. The fourth-order valence-corrected chi connectivity index (χ4v) is 5.16. The molecule has 4 aromatic rings. The van der Waals surface area contributed by atoms with Crippen LogP contribution in [0.1, 0.15) is 34.0 Å². The Morgan fingerprint density at radius 3 is 2.66 bits per heavy atom. The summed E-state index contributed by atoms with van der Waals surface area (Å²) < 4.78 is 1.77. The fraction of sp³-hybridized carbons (Fsp3) is 0.208. The Morgan fingerprint density at radius 2 is 1.91 bits per heavy atom. The van der Waals surface area contributed by atoms with Crippen LogP contribution in [0.15, 0.2) is 59.8 Å². The number of nitrogens with one attached hydrogen (secondary N) is 2. The monoisotopic (exact) mass is 526 g/mol. The van der Waals surface area contributed by atoms with Gasteiger partial charge in [0.05, 0.1) is 17.5 Å². The van der Waals surface area contributed by atoms with Gasteiger partial charge >= 0.3 is 0 Å². The molecule has 8 nitrogen and oxygen atoms in total. The largest absolute Gasteiger partial charge is 0.342 e. The maximum Gasteiger partial charge on any atom is 0.251 e. The third-order valence-corrected chi connectivity index (χ3v) is 7.25. The first-order chi connectivity index (χ1) is 16.8. The van der Waals surface area contributed by atoms with Crippen molar-refractivity contribution in [2.75, 3.05) is 11.1 Å². The third kappa shape index (κ3) is 6.08. The predicted octanol–water partition coefficient (Wildman–Crippen LogP) is 5.12. The Hall–Kier alpha value is -3.21. The summed E-state index contributed by atoms with van der Waals surface area (Å²) in [4.78, 5) is 30.7. The highest BCUT2D eigenvalue weighted by Crippen LogP contribution is 2.30. The molecule has 0 aliphatic rings. The van der Waals surface area contributed by atoms with Crippen LogP contribution in [0.2, 0.25) is 5.02 Å². The van der Waals surface area contributed by atoms with E-state index in [0.29, 0.717) is 26.7 Å². The van der Waals surface area contributed by atoms with E-state index in [-0.39, 0.29) is 17.6 Å². The Morgan fingerprint density at radius 1 is 1.14 bits per heavy atom. The number of aromatic nitrogens is 4. The first-order valence-corrected chi connectivity index (χ1v) is 12.9. The molecule has 0 saturated heterocycles. The number of aryl methyl sites for hydroxylation is 1. The van der Waals surface area contributed by atoms with E-state index in [0.717, 1.165) is 16.1 Å². The molecule has 2 aromatic carbocycles. The Labute approximate surface area is 216 Å². The number of rotatable bonds is 8. The first kappa shape index (κ1) is 24.9. The zero-order valence-corrected chi connectivity index (χ0v) is 21.7. The van der Waals surface area contributed by atoms with Crippen molar-refractivity contribution in [3.63, 3.8) is 0 Å². The number of carbonyl (C=O) groups excluding carboxylic acids is 2. The highest BCUT2D eigenvalue weighted by Gasteiger charge is 2.19. The van der Waals surface area contributed by atoms with Crippen LogP contribution in [0.5, 0.6) is 0 Å². The third-order valence-electron chi connectivity index (χ3n) is 5.11. The van der Waals surface area contributed by atoms with Crippen molar-refractivity contribution in [3.05, 3.63) is 75.9 Å². The van der Waals surface area contributed by atoms with Gasteiger partial charge in [-0.25, -0.2) is 4.98 Å². The highest BCUT2D eigenvalue weighted by molar-refractivity contribution is 7.99. The first-order valence-electron chi connectivity index (χ1n) is 10.7. The molecular formula is C24H23ClN6O2S2. The van der Waals surface area contributed by atoms with E-state index in [2.05, 4.69) is 25.8 Å². The van der Waals surface area contributed by atoms with Crippen molar-refractivity contribution in [2.45, 2.75) is 25.0 Å². The van der Waals surface area contributed by atoms with E-state index in [1.807, 2.05) is 44.2 Å². The van der Waals surface area contributed by atoms with Crippen LogP contribution in [0, 0.1) is 6.92 Å². The number of anilines is 1. The topological polar surface area (TPSA) is 102 Å². The molecule has 1 atom stereocenters. The lowest BCUT2D eigenvalue weighted by Crippen LogP contribution is -2.28. The van der Waals surface area contributed by atoms with Crippen LogP contribution in [0.25, 0.3) is 11.3 Å². The second kappa shape index (κ2) is 11.0. The van der Waals surface area contributed by atoms with Crippen LogP contribution in [-0.2, 0) is 11.8 Å². The SMILES string of the molecule is Cc1sc(NC(=O)CSc2nnc([C@@H](C)NC(=O)c3cccc(Cl)c3)n2C)nc1-c1ccccc1. The van der Waals surface area contributed by atoms with Crippen molar-refractivity contribution in [1.29, 1.82) is 0 Å². The average molecular weight is 527 g/mol. The normalized spacial score (nSPS) is 11.8. The molecule has 2 heterocycles. The van der Waals surface area contributed by atoms with Crippen molar-refractivity contribution in [2.24, 2.45) is 7.05 Å². The maximum absolute atomic E-state index is 12.5. The summed E-state index contributed by atoms with van der Waals surface area (Å²) in [5, 5.41) is 15.8. The van der Waals surface area contributed by atoms with Gasteiger partial charge in [-0.05, 0) is 32.0 Å². The van der Waals surface area contributed by atoms with E-state index in [1.54, 1.807) is 35.9 Å². The van der Waals surface area contributed by atoms with Gasteiger partial charge < -0.3 is 15.2 Å². The molecule has 0 bridgehead atoms. The van der Waals surface area contributed by atoms with E-state index in [4.69, 9.17) is 11.6 Å². The van der Waals surface area contributed by atoms with Gasteiger partial charge in [-0.1, -0.05) is 59.8 Å². The summed E-state index contributed by atoms with van der Waals surface area (Å²) in [6.07, 6.45) is 0. The number of nitrogens with zero attached hydrogens (tertiary/aromatic N) is 4. The van der Waals surface area contributed by atoms with E-state index in [9.17, 15) is 9.59 Å². The molecular weight excluding hydrogens is 504 g/mol. The van der Waals surface area contributed by atoms with Gasteiger partial charge in [-0.15, -0.1) is 21.5 Å². The number of thiazole rings is 1. The zero-order valence-electron chi connectivity index (χ0n) is 19.3. The number of thioether (sulfide) groups is 1. The van der Waals surface area contributed by atoms with Crippen LogP contribution in [0.4, 0.5) is 5.13 Å². The van der Waals surface area contributed by atoms with Gasteiger partial charge in [0.1, 0.15) is 0 Å². The summed E-state index contributed by atoms with van der Waals surface area (Å²) in [7, 11) is 1.80. The fourth-order valence-electron chi connectivity index (χ4n) is 3.40. The van der Waals surface area contributed by atoms with Gasteiger partial charge in [-0.2, -0.15) is 0 Å². The second-order valence-corrected chi connectivity index (χ2v) is 10.3. The van der Waals surface area contributed by atoms with Crippen LogP contribution in [-0.4, -0.2) is 37.3 Å². The minimum Gasteiger partial charge on any atom is -0.342 e. The lowest BCUT2D eigenvalue weighted by Gasteiger charge is -2.13. The molecule has 0 unspecified atom stereocenters. The summed E-state index contributed by atoms with van der Waals surface area (Å²) in [5.41, 5.74) is 2.34. The quantitative estimate of drug-likeness (QED) is 0.309. The molecule has 0 radical (unpaired) electrons. The minimum absolute atomic E-state index is 0.147. The van der Waals surface area contributed by atoms with E-state index < -0.39 is 6.04 Å². The summed E-state index contributed by atoms with van der Waals surface area (Å²) in [6, 6.07) is 16.2. The molecule has 0 spiro atoms. The van der Waals surface area contributed by atoms with Crippen LogP contribution < -0.4 is 10.6 Å². The van der Waals surface area contributed by atoms with Gasteiger partial charge in [0, 0.05) is 28.1 Å². The predicted molar refractivity (Wildman–Crippen MR) is 140 cm³/mol. The van der Waals surface area contributed by atoms with Gasteiger partial charge in [0.2, 0.25) is 5.91 Å². The van der Waals surface area contributed by atoms with Gasteiger partial charge in [-0.3, -0.25) is 9.59 Å². The minimum atomic E-state index is -0.392. The molecule has 0 aliphatic carbocycles. The second-order valence-electron chi connectivity index (χ2n) is 7.73. The van der Waals surface area contributed by atoms with Crippen molar-refractivity contribution in [3.8, 4) is 11.3 Å². The molecule has 0 aliphatic heterocycles. The standard InChI is InChI=1S/C24H23ClN6O2S2/c1-14(26-22(33)17-10-7-11-18(25)12-17)21-29-30-24(31(21)3)34-13-19(32)27-23-28-20(15(2)35-23)16-8-5-4-6-9-16/h4-12,14H,13H2,1-3H3,(H,26,33)(H,27,28,32)/t14-/m1/s1. The van der Waals surface area contributed by atoms with Crippen molar-refractivity contribution < 1.29 is 9.59 Å². The Bertz CT molecular complexity index is 1360. The van der Waals surface area contributed by atoms with E-state index in [1.165, 1.54) is 23.1 Å². The van der Waals surface area contributed by atoms with Crippen molar-refractivity contribution in [1.82, 2.24) is 25.1 Å². The summed E-state index contributed by atoms with van der Waals surface area (Å²) in [5.74, 6) is 0.279. The molecule has 4 rings (SSSR count). The molecule has 35 heavy (non-hydrogen) atoms. The average Bonchev–Trinajstić information content (AvgIpc) is 3.39. The van der Waals surface area contributed by atoms with Gasteiger partial charge in [0.25, 0.3) is 5.91 Å². The molecule has 11 heteroatoms. The number of hydrogen-bond donors (Lipinski definition) is 2. The summed E-state index contributed by atoms with van der Waals surface area (Å²) >= 11 is 8.68. The molecule has 0 saturated carbocycles. The molecule has 2 aromatic heterocycles. The van der Waals surface area contributed by atoms with Crippen molar-refractivity contribution >= 4 is 51.6 Å². The Kier molecular flexibility index (Phi) is 7.84. The Balaban J connectivity index is 1.34. The summed E-state index contributed by atoms with van der Waals surface area (Å²) in [6.45, 7) is 3.81. The van der Waals surface area contributed by atoms with Gasteiger partial charge in [0.15, 0.2) is 16.1 Å². The maximum atomic E-state index is 12.5. The number of hydrogen-bond acceptors (Lipinski definition) is 7. The molecule has 2 N–H and O–H groups in total. The van der Waals surface area contributed by atoms with E-state index >= 15 is 0 Å². The lowest BCUT2D eigenvalue weighted by molar-refractivity contribution is -0.113. The number of benzene rings is 2. The number of carbonyl (C=O) groups is 2. The molecule has 180 valence electrons. The molecule has 2 amide bonds. The molecule has 0 fully saturated rings. The zero-order chi connectivity index (χ0) is 24.9. The number of amides is 2. The van der Waals surface area contributed by atoms with Crippen LogP contribution in [0.3, 0.4) is 0 Å². The van der Waals surface area contributed by atoms with Crippen LogP contribution >= 0.6 is 34.7 Å². The lowest BCUT2D eigenvalue weighted by atomic mass is 10.1. The number of halogens is 1. The smallest absolute Gasteiger partial charge is 0.251 e.